The molecule has 0 atom stereocenters. The number of amides is 2. The molecular weight excluding hydrogens is 434 g/mol. The van der Waals surface area contributed by atoms with E-state index in [1.807, 2.05) is 25.3 Å². The van der Waals surface area contributed by atoms with Crippen molar-refractivity contribution in [2.45, 2.75) is 13.8 Å². The minimum absolute atomic E-state index is 0.0662. The predicted octanol–water partition coefficient (Wildman–Crippen LogP) is 3.34. The largest absolute Gasteiger partial charge is 0.453 e. The number of hydrogen-bond acceptors (Lipinski definition) is 5. The summed E-state index contributed by atoms with van der Waals surface area (Å²) in [6, 6.07) is 5.77. The van der Waals surface area contributed by atoms with Crippen molar-refractivity contribution in [1.82, 2.24) is 19.6 Å². The molecule has 0 radical (unpaired) electrons. The average molecular weight is 460 g/mol. The van der Waals surface area contributed by atoms with Crippen LogP contribution in [0.15, 0.2) is 30.5 Å². The maximum Gasteiger partial charge on any atom is 0.409 e. The molecule has 1 saturated heterocycles. The van der Waals surface area contributed by atoms with Gasteiger partial charge in [0.15, 0.2) is 0 Å². The SMILES string of the molecule is CNC(=O)c1cc(F)c(-c2nc3cc(C)ccn3c2C)c(F)c1.COC(=O)N1CCOCC1. The number of rotatable bonds is 2. The summed E-state index contributed by atoms with van der Waals surface area (Å²) in [4.78, 5) is 28.3. The maximum atomic E-state index is 14.4. The number of benzene rings is 1. The highest BCUT2D eigenvalue weighted by molar-refractivity contribution is 5.94. The standard InChI is InChI=1S/C17H15F2N3O.C6H11NO3/c1-9-4-5-22-10(2)16(21-14(22)6-9)15-12(18)7-11(8-13(15)19)17(23)20-3;1-9-6(8)7-2-4-10-5-3-7/h4-8H,1-3H3,(H,20,23);2-5H2,1H3. The van der Waals surface area contributed by atoms with Crippen LogP contribution in [0.25, 0.3) is 16.9 Å². The van der Waals surface area contributed by atoms with E-state index in [0.29, 0.717) is 37.6 Å². The van der Waals surface area contributed by atoms with Gasteiger partial charge < -0.3 is 24.1 Å². The minimum Gasteiger partial charge on any atom is -0.453 e. The second-order valence-corrected chi connectivity index (χ2v) is 7.44. The number of nitrogens with zero attached hydrogens (tertiary/aromatic N) is 3. The molecule has 3 heterocycles. The smallest absolute Gasteiger partial charge is 0.409 e. The maximum absolute atomic E-state index is 14.4. The summed E-state index contributed by atoms with van der Waals surface area (Å²) in [5.74, 6) is -2.17. The van der Waals surface area contributed by atoms with Crippen LogP contribution in [0.1, 0.15) is 21.6 Å². The van der Waals surface area contributed by atoms with Gasteiger partial charge in [-0.2, -0.15) is 0 Å². The fourth-order valence-electron chi connectivity index (χ4n) is 3.46. The van der Waals surface area contributed by atoms with Gasteiger partial charge in [0, 0.05) is 37.6 Å². The summed E-state index contributed by atoms with van der Waals surface area (Å²) in [6.45, 7) is 6.20. The number of hydrogen-bond donors (Lipinski definition) is 1. The molecule has 0 aliphatic carbocycles. The van der Waals surface area contributed by atoms with E-state index in [4.69, 9.17) is 4.74 Å². The molecule has 10 heteroatoms. The first-order chi connectivity index (χ1) is 15.8. The molecule has 0 bridgehead atoms. The normalized spacial score (nSPS) is 13.3. The van der Waals surface area contributed by atoms with Gasteiger partial charge in [0.1, 0.15) is 17.3 Å². The second kappa shape index (κ2) is 10.4. The Hall–Kier alpha value is -3.53. The van der Waals surface area contributed by atoms with Crippen molar-refractivity contribution in [1.29, 1.82) is 0 Å². The van der Waals surface area contributed by atoms with Gasteiger partial charge in [-0.15, -0.1) is 0 Å². The number of aromatic nitrogens is 2. The van der Waals surface area contributed by atoms with E-state index in [9.17, 15) is 18.4 Å². The quantitative estimate of drug-likeness (QED) is 0.634. The number of nitrogens with one attached hydrogen (secondary N) is 1. The Labute approximate surface area is 190 Å². The summed E-state index contributed by atoms with van der Waals surface area (Å²) >= 11 is 0. The highest BCUT2D eigenvalue weighted by atomic mass is 19.1. The summed E-state index contributed by atoms with van der Waals surface area (Å²) in [6.07, 6.45) is 1.55. The molecule has 1 fully saturated rings. The number of fused-ring (bicyclic) bond motifs is 1. The zero-order valence-electron chi connectivity index (χ0n) is 18.9. The van der Waals surface area contributed by atoms with E-state index < -0.39 is 17.5 Å². The average Bonchev–Trinajstić information content (AvgIpc) is 3.13. The third kappa shape index (κ3) is 5.28. The molecule has 4 rings (SSSR count). The fourth-order valence-corrected chi connectivity index (χ4v) is 3.46. The van der Waals surface area contributed by atoms with Crippen LogP contribution in [0.4, 0.5) is 13.6 Å². The lowest BCUT2D eigenvalue weighted by Gasteiger charge is -2.24. The third-order valence-corrected chi connectivity index (χ3v) is 5.23. The fraction of sp³-hybridized carbons (Fsp3) is 0.348. The topological polar surface area (TPSA) is 85.2 Å². The van der Waals surface area contributed by atoms with Crippen LogP contribution in [0.5, 0.6) is 0 Å². The van der Waals surface area contributed by atoms with E-state index in [2.05, 4.69) is 15.0 Å². The van der Waals surface area contributed by atoms with Crippen LogP contribution < -0.4 is 5.32 Å². The zero-order chi connectivity index (χ0) is 24.1. The Morgan fingerprint density at radius 3 is 2.33 bits per heavy atom. The van der Waals surface area contributed by atoms with Crippen LogP contribution in [0.2, 0.25) is 0 Å². The number of ether oxygens (including phenoxy) is 2. The minimum atomic E-state index is -0.813. The van der Waals surface area contributed by atoms with Crippen molar-refractivity contribution in [3.05, 3.63) is 58.9 Å². The lowest BCUT2D eigenvalue weighted by Crippen LogP contribution is -2.40. The van der Waals surface area contributed by atoms with E-state index in [-0.39, 0.29) is 22.9 Å². The number of carbonyl (C=O) groups excluding carboxylic acids is 2. The number of halogens is 2. The van der Waals surface area contributed by atoms with E-state index in [0.717, 1.165) is 17.7 Å². The van der Waals surface area contributed by atoms with E-state index in [1.165, 1.54) is 14.2 Å². The van der Waals surface area contributed by atoms with Gasteiger partial charge in [0.25, 0.3) is 5.91 Å². The van der Waals surface area contributed by atoms with Crippen molar-refractivity contribution in [2.24, 2.45) is 0 Å². The van der Waals surface area contributed by atoms with Crippen LogP contribution in [0.3, 0.4) is 0 Å². The first-order valence-corrected chi connectivity index (χ1v) is 10.3. The Morgan fingerprint density at radius 2 is 1.76 bits per heavy atom. The molecule has 2 amide bonds. The molecule has 2 aromatic heterocycles. The molecule has 176 valence electrons. The monoisotopic (exact) mass is 460 g/mol. The first-order valence-electron chi connectivity index (χ1n) is 10.3. The van der Waals surface area contributed by atoms with Crippen LogP contribution >= 0.6 is 0 Å². The highest BCUT2D eigenvalue weighted by Gasteiger charge is 2.21. The summed E-state index contributed by atoms with van der Waals surface area (Å²) in [5.41, 5.74) is 2.19. The van der Waals surface area contributed by atoms with E-state index >= 15 is 0 Å². The molecule has 33 heavy (non-hydrogen) atoms. The Kier molecular flexibility index (Phi) is 7.59. The first kappa shape index (κ1) is 24.1. The molecular formula is C23H26F2N4O4. The summed E-state index contributed by atoms with van der Waals surface area (Å²) < 4.78 is 40.2. The van der Waals surface area contributed by atoms with Gasteiger partial charge in [-0.1, -0.05) is 0 Å². The Morgan fingerprint density at radius 1 is 1.12 bits per heavy atom. The Bertz CT molecular complexity index is 1150. The van der Waals surface area contributed by atoms with Crippen LogP contribution in [0, 0.1) is 25.5 Å². The molecule has 0 unspecified atom stereocenters. The van der Waals surface area contributed by atoms with Gasteiger partial charge in [0.05, 0.1) is 31.6 Å². The van der Waals surface area contributed by atoms with Gasteiger partial charge in [-0.3, -0.25) is 4.79 Å². The van der Waals surface area contributed by atoms with Crippen molar-refractivity contribution >= 4 is 17.6 Å². The van der Waals surface area contributed by atoms with Gasteiger partial charge in [-0.25, -0.2) is 18.6 Å². The van der Waals surface area contributed by atoms with Gasteiger partial charge in [-0.05, 0) is 43.7 Å². The summed E-state index contributed by atoms with van der Waals surface area (Å²) in [5, 5.41) is 2.34. The molecule has 1 aliphatic rings. The number of aryl methyl sites for hydroxylation is 2. The van der Waals surface area contributed by atoms with Crippen LogP contribution in [-0.2, 0) is 9.47 Å². The number of imidazole rings is 1. The molecule has 1 N–H and O–H groups in total. The summed E-state index contributed by atoms with van der Waals surface area (Å²) in [7, 11) is 2.79. The van der Waals surface area contributed by atoms with Crippen molar-refractivity contribution in [3.8, 4) is 11.3 Å². The lowest BCUT2D eigenvalue weighted by molar-refractivity contribution is 0.0334. The van der Waals surface area contributed by atoms with Crippen molar-refractivity contribution in [3.63, 3.8) is 0 Å². The van der Waals surface area contributed by atoms with Gasteiger partial charge in [0.2, 0.25) is 0 Å². The molecule has 0 saturated carbocycles. The number of morpholine rings is 1. The highest BCUT2D eigenvalue weighted by Crippen LogP contribution is 2.30. The van der Waals surface area contributed by atoms with Crippen LogP contribution in [-0.4, -0.2) is 66.7 Å². The zero-order valence-corrected chi connectivity index (χ0v) is 18.9. The lowest BCUT2D eigenvalue weighted by atomic mass is 10.1. The number of methoxy groups -OCH3 is 1. The molecule has 8 nitrogen and oxygen atoms in total. The Balaban J connectivity index is 0.000000257. The molecule has 1 aliphatic heterocycles. The molecule has 0 spiro atoms. The van der Waals surface area contributed by atoms with Gasteiger partial charge >= 0.3 is 6.09 Å². The second-order valence-electron chi connectivity index (χ2n) is 7.44. The number of pyridine rings is 1. The van der Waals surface area contributed by atoms with Crippen molar-refractivity contribution < 1.29 is 27.8 Å². The van der Waals surface area contributed by atoms with E-state index in [1.54, 1.807) is 16.2 Å². The predicted molar refractivity (Wildman–Crippen MR) is 118 cm³/mol. The number of carbonyl (C=O) groups is 2. The molecule has 3 aromatic rings. The van der Waals surface area contributed by atoms with Crippen molar-refractivity contribution in [2.75, 3.05) is 40.5 Å². The third-order valence-electron chi connectivity index (χ3n) is 5.23. The molecule has 1 aromatic carbocycles.